The Hall–Kier alpha value is -2.35. The van der Waals surface area contributed by atoms with Crippen LogP contribution in [0.2, 0.25) is 0 Å². The molecule has 0 spiro atoms. The summed E-state index contributed by atoms with van der Waals surface area (Å²) in [4.78, 5) is 12.0. The van der Waals surface area contributed by atoms with Crippen LogP contribution in [0.1, 0.15) is 27.4 Å². The van der Waals surface area contributed by atoms with Crippen LogP contribution in [0.3, 0.4) is 0 Å². The van der Waals surface area contributed by atoms with Gasteiger partial charge in [-0.05, 0) is 32.0 Å². The summed E-state index contributed by atoms with van der Waals surface area (Å²) in [5, 5.41) is 3.78. The number of hydrogen-bond donors (Lipinski definition) is 1. The Morgan fingerprint density at radius 3 is 2.68 bits per heavy atom. The predicted molar refractivity (Wildman–Crippen MR) is 80.0 cm³/mol. The fraction of sp³-hybridized carbons (Fsp3) is 0.286. The summed E-state index contributed by atoms with van der Waals surface area (Å²) in [6, 6.07) is 6.08. The summed E-state index contributed by atoms with van der Waals surface area (Å²) < 4.78 is 34.9. The average molecular weight is 324 g/mol. The number of aryl methyl sites for hydroxylation is 2. The van der Waals surface area contributed by atoms with Crippen LogP contribution in [-0.2, 0) is 21.4 Å². The van der Waals surface area contributed by atoms with Crippen molar-refractivity contribution in [1.29, 1.82) is 0 Å². The van der Waals surface area contributed by atoms with Crippen molar-refractivity contribution in [1.82, 2.24) is 5.16 Å². The molecule has 0 aliphatic rings. The molecular weight excluding hydrogens is 308 g/mol. The van der Waals surface area contributed by atoms with Gasteiger partial charge in [0.2, 0.25) is 10.0 Å². The zero-order chi connectivity index (χ0) is 16.3. The quantitative estimate of drug-likeness (QED) is 0.845. The van der Waals surface area contributed by atoms with Crippen LogP contribution in [0.15, 0.2) is 28.8 Å². The Morgan fingerprint density at radius 2 is 2.09 bits per heavy atom. The molecule has 0 aliphatic carbocycles. The summed E-state index contributed by atoms with van der Waals surface area (Å²) in [5.74, 6) is 0.0370. The van der Waals surface area contributed by atoms with E-state index in [9.17, 15) is 13.2 Å². The van der Waals surface area contributed by atoms with Gasteiger partial charge in [0.25, 0.3) is 0 Å². The van der Waals surface area contributed by atoms with E-state index in [0.717, 1.165) is 11.8 Å². The molecule has 0 saturated carbocycles. The average Bonchev–Trinajstić information content (AvgIpc) is 2.74. The highest BCUT2D eigenvalue weighted by molar-refractivity contribution is 7.92. The second-order valence-corrected chi connectivity index (χ2v) is 6.58. The highest BCUT2D eigenvalue weighted by Gasteiger charge is 2.14. The number of carbonyl (C=O) groups excluding carboxylic acids is 1. The van der Waals surface area contributed by atoms with Crippen LogP contribution >= 0.6 is 0 Å². The first kappa shape index (κ1) is 16.0. The number of sulfonamides is 1. The molecule has 1 aromatic carbocycles. The summed E-state index contributed by atoms with van der Waals surface area (Å²) in [5.41, 5.74) is 1.94. The molecule has 0 saturated heterocycles. The maximum atomic E-state index is 12.0. The van der Waals surface area contributed by atoms with Crippen LogP contribution < -0.4 is 4.72 Å². The number of esters is 1. The third kappa shape index (κ3) is 4.08. The van der Waals surface area contributed by atoms with Gasteiger partial charge >= 0.3 is 5.97 Å². The molecule has 2 rings (SSSR count). The molecule has 0 atom stereocenters. The largest absolute Gasteiger partial charge is 0.457 e. The van der Waals surface area contributed by atoms with E-state index in [1.54, 1.807) is 32.0 Å². The van der Waals surface area contributed by atoms with Crippen LogP contribution in [0.25, 0.3) is 0 Å². The Balaban J connectivity index is 2.08. The van der Waals surface area contributed by atoms with Crippen molar-refractivity contribution < 1.29 is 22.5 Å². The van der Waals surface area contributed by atoms with Gasteiger partial charge in [0.15, 0.2) is 0 Å². The molecule has 1 heterocycles. The predicted octanol–water partition coefficient (Wildman–Crippen LogP) is 2.02. The van der Waals surface area contributed by atoms with Gasteiger partial charge in [-0.1, -0.05) is 11.2 Å². The zero-order valence-corrected chi connectivity index (χ0v) is 13.2. The van der Waals surface area contributed by atoms with Gasteiger partial charge < -0.3 is 9.26 Å². The Kier molecular flexibility index (Phi) is 4.51. The lowest BCUT2D eigenvalue weighted by Crippen LogP contribution is -2.11. The zero-order valence-electron chi connectivity index (χ0n) is 12.4. The van der Waals surface area contributed by atoms with E-state index < -0.39 is 16.0 Å². The van der Waals surface area contributed by atoms with E-state index in [-0.39, 0.29) is 12.2 Å². The third-order valence-electron chi connectivity index (χ3n) is 2.93. The summed E-state index contributed by atoms with van der Waals surface area (Å²) in [6.45, 7) is 3.54. The molecule has 1 N–H and O–H groups in total. The van der Waals surface area contributed by atoms with Crippen molar-refractivity contribution in [3.63, 3.8) is 0 Å². The van der Waals surface area contributed by atoms with Crippen molar-refractivity contribution in [3.8, 4) is 0 Å². The van der Waals surface area contributed by atoms with Gasteiger partial charge in [0.05, 0.1) is 23.1 Å². The minimum absolute atomic E-state index is 0.0454. The van der Waals surface area contributed by atoms with Crippen LogP contribution in [0.5, 0.6) is 0 Å². The van der Waals surface area contributed by atoms with Gasteiger partial charge in [-0.2, -0.15) is 0 Å². The van der Waals surface area contributed by atoms with Crippen molar-refractivity contribution in [2.24, 2.45) is 0 Å². The number of nitrogens with zero attached hydrogens (tertiary/aromatic N) is 1. The lowest BCUT2D eigenvalue weighted by Gasteiger charge is -2.07. The fourth-order valence-corrected chi connectivity index (χ4v) is 2.41. The fourth-order valence-electron chi connectivity index (χ4n) is 1.85. The van der Waals surface area contributed by atoms with E-state index in [1.165, 1.54) is 6.07 Å². The Morgan fingerprint density at radius 1 is 1.36 bits per heavy atom. The highest BCUT2D eigenvalue weighted by Crippen LogP contribution is 2.16. The Labute approximate surface area is 128 Å². The van der Waals surface area contributed by atoms with Crippen molar-refractivity contribution >= 4 is 21.7 Å². The molecule has 0 unspecified atom stereocenters. The second kappa shape index (κ2) is 6.18. The van der Waals surface area contributed by atoms with Crippen LogP contribution in [0.4, 0.5) is 5.69 Å². The van der Waals surface area contributed by atoms with Gasteiger partial charge in [-0.15, -0.1) is 0 Å². The minimum Gasteiger partial charge on any atom is -0.457 e. The first-order chi connectivity index (χ1) is 10.3. The molecule has 0 bridgehead atoms. The van der Waals surface area contributed by atoms with Gasteiger partial charge in [-0.25, -0.2) is 13.2 Å². The van der Waals surface area contributed by atoms with E-state index in [4.69, 9.17) is 9.26 Å². The molecule has 0 aliphatic heterocycles. The molecule has 0 radical (unpaired) electrons. The molecule has 2 aromatic rings. The number of nitrogens with one attached hydrogen (secondary N) is 1. The summed E-state index contributed by atoms with van der Waals surface area (Å²) >= 11 is 0. The lowest BCUT2D eigenvalue weighted by molar-refractivity contribution is 0.0471. The molecule has 0 amide bonds. The number of benzene rings is 1. The highest BCUT2D eigenvalue weighted by atomic mass is 32.2. The van der Waals surface area contributed by atoms with E-state index in [1.807, 2.05) is 0 Å². The molecular formula is C14H16N2O5S. The Bertz CT molecular complexity index is 776. The van der Waals surface area contributed by atoms with Crippen molar-refractivity contribution in [2.45, 2.75) is 20.5 Å². The molecule has 8 heteroatoms. The maximum Gasteiger partial charge on any atom is 0.338 e. The van der Waals surface area contributed by atoms with Crippen LogP contribution in [0, 0.1) is 13.8 Å². The van der Waals surface area contributed by atoms with Gasteiger partial charge in [0.1, 0.15) is 12.4 Å². The van der Waals surface area contributed by atoms with Gasteiger partial charge in [-0.3, -0.25) is 4.72 Å². The maximum absolute atomic E-state index is 12.0. The first-order valence-corrected chi connectivity index (χ1v) is 8.32. The summed E-state index contributed by atoms with van der Waals surface area (Å²) in [7, 11) is -3.40. The van der Waals surface area contributed by atoms with Crippen LogP contribution in [-0.4, -0.2) is 25.8 Å². The van der Waals surface area contributed by atoms with E-state index in [0.29, 0.717) is 17.1 Å². The standard InChI is InChI=1S/C14H16N2O5S/c1-9-13(10(2)21-15-9)8-20-14(17)11-5-4-6-12(7-11)16-22(3,18)19/h4-7,16H,8H2,1-3H3. The molecule has 7 nitrogen and oxygen atoms in total. The number of ether oxygens (including phenoxy) is 1. The van der Waals surface area contributed by atoms with Crippen molar-refractivity contribution in [2.75, 3.05) is 11.0 Å². The molecule has 22 heavy (non-hydrogen) atoms. The molecule has 1 aromatic heterocycles. The first-order valence-electron chi connectivity index (χ1n) is 6.43. The SMILES string of the molecule is Cc1noc(C)c1COC(=O)c1cccc(NS(C)(=O)=O)c1. The van der Waals surface area contributed by atoms with Crippen molar-refractivity contribution in [3.05, 3.63) is 46.8 Å². The topological polar surface area (TPSA) is 98.5 Å². The number of hydrogen-bond acceptors (Lipinski definition) is 6. The number of aromatic nitrogens is 1. The second-order valence-electron chi connectivity index (χ2n) is 4.83. The molecule has 0 fully saturated rings. The van der Waals surface area contributed by atoms with Gasteiger partial charge in [0, 0.05) is 5.69 Å². The number of carbonyl (C=O) groups is 1. The van der Waals surface area contributed by atoms with E-state index in [2.05, 4.69) is 9.88 Å². The lowest BCUT2D eigenvalue weighted by atomic mass is 10.2. The smallest absolute Gasteiger partial charge is 0.338 e. The monoisotopic (exact) mass is 324 g/mol. The number of anilines is 1. The summed E-state index contributed by atoms with van der Waals surface area (Å²) in [6.07, 6.45) is 1.04. The normalized spacial score (nSPS) is 11.2. The van der Waals surface area contributed by atoms with E-state index >= 15 is 0 Å². The molecule has 118 valence electrons. The number of rotatable bonds is 5. The minimum atomic E-state index is -3.40. The third-order valence-corrected chi connectivity index (χ3v) is 3.54.